The van der Waals surface area contributed by atoms with Gasteiger partial charge in [0.15, 0.2) is 0 Å². The Labute approximate surface area is 169 Å². The minimum atomic E-state index is 0.269. The smallest absolute Gasteiger partial charge is 0.338 e. The molecule has 28 heavy (non-hydrogen) atoms. The van der Waals surface area contributed by atoms with Crippen LogP contribution in [0, 0.1) is 0 Å². The van der Waals surface area contributed by atoms with Crippen LogP contribution in [0.1, 0.15) is 56.7 Å². The first-order chi connectivity index (χ1) is 13.6. The molecule has 2 saturated carbocycles. The molecule has 0 saturated heterocycles. The number of benzene rings is 1. The number of nitrogens with zero attached hydrogens (tertiary/aromatic N) is 4. The maximum atomic E-state index is 5.77. The van der Waals surface area contributed by atoms with Crippen LogP contribution in [-0.4, -0.2) is 30.9 Å². The third-order valence-corrected chi connectivity index (χ3v) is 6.27. The molecular formula is C21H25N5OS. The Balaban J connectivity index is 1.36. The maximum Gasteiger partial charge on any atom is 0.338 e. The minimum Gasteiger partial charge on any atom is -0.459 e. The average Bonchev–Trinajstić information content (AvgIpc) is 3.60. The molecular weight excluding hydrogens is 370 g/mol. The topological polar surface area (TPSA) is 64.3 Å². The second-order valence-electron chi connectivity index (χ2n) is 7.96. The minimum absolute atomic E-state index is 0.269. The lowest BCUT2D eigenvalue weighted by Gasteiger charge is -2.11. The largest absolute Gasteiger partial charge is 0.459 e. The van der Waals surface area contributed by atoms with Crippen LogP contribution in [0.25, 0.3) is 5.78 Å². The van der Waals surface area contributed by atoms with Crippen LogP contribution in [0.2, 0.25) is 0 Å². The summed E-state index contributed by atoms with van der Waals surface area (Å²) in [5, 5.41) is 8.86. The van der Waals surface area contributed by atoms with Crippen molar-refractivity contribution >= 4 is 23.4 Å². The van der Waals surface area contributed by atoms with E-state index in [2.05, 4.69) is 64.6 Å². The third kappa shape index (κ3) is 4.09. The molecule has 0 unspecified atom stereocenters. The van der Waals surface area contributed by atoms with E-state index in [0.717, 1.165) is 36.1 Å². The molecule has 0 bridgehead atoms. The fraction of sp³-hybridized carbons (Fsp3) is 0.476. The SMILES string of the molecule is CC(C)c1cc(NCc2ccc(SC3CC3)cc2)n2nc(OC3CC3)nc2n1. The van der Waals surface area contributed by atoms with Crippen molar-refractivity contribution in [2.24, 2.45) is 0 Å². The van der Waals surface area contributed by atoms with E-state index < -0.39 is 0 Å². The highest BCUT2D eigenvalue weighted by atomic mass is 32.2. The molecule has 0 spiro atoms. The molecule has 3 aromatic rings. The number of hydrogen-bond acceptors (Lipinski definition) is 6. The third-order valence-electron chi connectivity index (χ3n) is 4.92. The number of fused-ring (bicyclic) bond motifs is 1. The fourth-order valence-electron chi connectivity index (χ4n) is 2.93. The summed E-state index contributed by atoms with van der Waals surface area (Å²) >= 11 is 1.99. The number of hydrogen-bond donors (Lipinski definition) is 1. The fourth-order valence-corrected chi connectivity index (χ4v) is 3.98. The molecule has 2 heterocycles. The van der Waals surface area contributed by atoms with E-state index in [1.165, 1.54) is 23.3 Å². The monoisotopic (exact) mass is 395 g/mol. The van der Waals surface area contributed by atoms with Gasteiger partial charge in [0.2, 0.25) is 0 Å². The molecule has 2 fully saturated rings. The normalized spacial score (nSPS) is 16.7. The Morgan fingerprint density at radius 3 is 2.61 bits per heavy atom. The highest BCUT2D eigenvalue weighted by Crippen LogP contribution is 2.39. The molecule has 2 aliphatic rings. The highest BCUT2D eigenvalue weighted by molar-refractivity contribution is 8.00. The van der Waals surface area contributed by atoms with Crippen LogP contribution >= 0.6 is 11.8 Å². The van der Waals surface area contributed by atoms with Crippen LogP contribution < -0.4 is 10.1 Å². The molecule has 7 heteroatoms. The summed E-state index contributed by atoms with van der Waals surface area (Å²) in [7, 11) is 0. The van der Waals surface area contributed by atoms with Crippen LogP contribution in [0.15, 0.2) is 35.2 Å². The number of rotatable bonds is 8. The zero-order valence-corrected chi connectivity index (χ0v) is 17.1. The molecule has 2 aromatic heterocycles. The van der Waals surface area contributed by atoms with Gasteiger partial charge in [-0.25, -0.2) is 4.98 Å². The van der Waals surface area contributed by atoms with Crippen molar-refractivity contribution in [2.45, 2.75) is 68.2 Å². The summed E-state index contributed by atoms with van der Waals surface area (Å²) in [6.45, 7) is 5.00. The summed E-state index contributed by atoms with van der Waals surface area (Å²) in [6.07, 6.45) is 5.15. The lowest BCUT2D eigenvalue weighted by molar-refractivity contribution is 0.279. The summed E-state index contributed by atoms with van der Waals surface area (Å²) in [5.74, 6) is 1.79. The van der Waals surface area contributed by atoms with Gasteiger partial charge in [-0.05, 0) is 49.3 Å². The summed E-state index contributed by atoms with van der Waals surface area (Å²) in [4.78, 5) is 10.5. The number of ether oxygens (including phenoxy) is 1. The molecule has 0 radical (unpaired) electrons. The van der Waals surface area contributed by atoms with Gasteiger partial charge in [-0.15, -0.1) is 16.9 Å². The van der Waals surface area contributed by atoms with Gasteiger partial charge in [-0.2, -0.15) is 9.50 Å². The molecule has 6 nitrogen and oxygen atoms in total. The van der Waals surface area contributed by atoms with Crippen molar-refractivity contribution < 1.29 is 4.74 Å². The first kappa shape index (κ1) is 17.8. The molecule has 0 amide bonds. The molecule has 2 aliphatic carbocycles. The molecule has 146 valence electrons. The number of anilines is 1. The van der Waals surface area contributed by atoms with E-state index in [4.69, 9.17) is 4.74 Å². The van der Waals surface area contributed by atoms with E-state index >= 15 is 0 Å². The molecule has 0 aliphatic heterocycles. The predicted molar refractivity (Wildman–Crippen MR) is 111 cm³/mol. The van der Waals surface area contributed by atoms with Crippen molar-refractivity contribution in [1.82, 2.24) is 19.6 Å². The van der Waals surface area contributed by atoms with Crippen LogP contribution in [0.5, 0.6) is 6.01 Å². The lowest BCUT2D eigenvalue weighted by Crippen LogP contribution is -2.08. The van der Waals surface area contributed by atoms with Gasteiger partial charge in [-0.3, -0.25) is 0 Å². The van der Waals surface area contributed by atoms with Gasteiger partial charge < -0.3 is 10.1 Å². The van der Waals surface area contributed by atoms with Crippen LogP contribution in [0.4, 0.5) is 5.82 Å². The Bertz CT molecular complexity index is 976. The maximum absolute atomic E-state index is 5.77. The van der Waals surface area contributed by atoms with Gasteiger partial charge in [0.25, 0.3) is 5.78 Å². The second kappa shape index (κ2) is 7.28. The molecule has 5 rings (SSSR count). The number of thioether (sulfide) groups is 1. The van der Waals surface area contributed by atoms with Crippen molar-refractivity contribution in [2.75, 3.05) is 5.32 Å². The highest BCUT2D eigenvalue weighted by Gasteiger charge is 2.26. The van der Waals surface area contributed by atoms with Gasteiger partial charge in [0, 0.05) is 22.8 Å². The number of aromatic nitrogens is 4. The average molecular weight is 396 g/mol. The first-order valence-electron chi connectivity index (χ1n) is 10.1. The van der Waals surface area contributed by atoms with Gasteiger partial charge in [-0.1, -0.05) is 26.0 Å². The zero-order chi connectivity index (χ0) is 19.1. The predicted octanol–water partition coefficient (Wildman–Crippen LogP) is 4.66. The second-order valence-corrected chi connectivity index (χ2v) is 9.33. The molecule has 0 atom stereocenters. The van der Waals surface area contributed by atoms with Gasteiger partial charge >= 0.3 is 6.01 Å². The Kier molecular flexibility index (Phi) is 4.62. The van der Waals surface area contributed by atoms with E-state index in [-0.39, 0.29) is 6.10 Å². The Morgan fingerprint density at radius 2 is 1.93 bits per heavy atom. The first-order valence-corrected chi connectivity index (χ1v) is 11.0. The van der Waals surface area contributed by atoms with Crippen molar-refractivity contribution in [3.63, 3.8) is 0 Å². The summed E-state index contributed by atoms with van der Waals surface area (Å²) in [5.41, 5.74) is 2.24. The van der Waals surface area contributed by atoms with E-state index in [1.54, 1.807) is 4.52 Å². The standard InChI is InChI=1S/C21H25N5OS/c1-13(2)18-11-19(26-20(23-18)24-21(25-26)27-15-5-6-15)22-12-14-3-7-16(8-4-14)28-17-9-10-17/h3-4,7-8,11,13,15,17,22H,5-6,9-10,12H2,1-2H3. The van der Waals surface area contributed by atoms with Crippen molar-refractivity contribution in [1.29, 1.82) is 0 Å². The summed E-state index contributed by atoms with van der Waals surface area (Å²) in [6, 6.07) is 11.3. The van der Waals surface area contributed by atoms with Gasteiger partial charge in [0.05, 0.1) is 5.69 Å². The Hall–Kier alpha value is -2.28. The number of nitrogens with one attached hydrogen (secondary N) is 1. The molecule has 1 aromatic carbocycles. The summed E-state index contributed by atoms with van der Waals surface area (Å²) < 4.78 is 7.52. The Morgan fingerprint density at radius 1 is 1.14 bits per heavy atom. The van der Waals surface area contributed by atoms with E-state index in [1.807, 2.05) is 11.8 Å². The van der Waals surface area contributed by atoms with Crippen molar-refractivity contribution in [3.05, 3.63) is 41.6 Å². The van der Waals surface area contributed by atoms with Gasteiger partial charge in [0.1, 0.15) is 11.9 Å². The quantitative estimate of drug-likeness (QED) is 0.599. The van der Waals surface area contributed by atoms with Crippen LogP contribution in [0.3, 0.4) is 0 Å². The zero-order valence-electron chi connectivity index (χ0n) is 16.3. The molecule has 1 N–H and O–H groups in total. The lowest BCUT2D eigenvalue weighted by atomic mass is 10.1. The van der Waals surface area contributed by atoms with E-state index in [9.17, 15) is 0 Å². The van der Waals surface area contributed by atoms with Crippen LogP contribution in [-0.2, 0) is 6.54 Å². The van der Waals surface area contributed by atoms with E-state index in [0.29, 0.717) is 17.7 Å². The van der Waals surface area contributed by atoms with Crippen molar-refractivity contribution in [3.8, 4) is 6.01 Å².